The largest absolute Gasteiger partial charge is 0.492 e. The van der Waals surface area contributed by atoms with E-state index in [0.717, 1.165) is 38.2 Å². The Morgan fingerprint density at radius 2 is 1.84 bits per heavy atom. The standard InChI is InChI=1S/C24H19N3O3S/c25-13-12-17-6-9-20(10-7-17)30-15-14-27-21-11-8-19(16-22(21)31-24(27)28)23(26-29)18-4-2-1-3-5-18/h1-11,16,29H,12,14-15H2. The van der Waals surface area contributed by atoms with Crippen LogP contribution in [0.1, 0.15) is 16.7 Å². The van der Waals surface area contributed by atoms with E-state index >= 15 is 0 Å². The third-order valence-electron chi connectivity index (χ3n) is 4.88. The smallest absolute Gasteiger partial charge is 0.308 e. The van der Waals surface area contributed by atoms with Crippen LogP contribution in [0.15, 0.2) is 82.7 Å². The molecule has 0 atom stereocenters. The molecule has 0 aliphatic carbocycles. The molecule has 0 radical (unpaired) electrons. The van der Waals surface area contributed by atoms with Crippen molar-refractivity contribution >= 4 is 27.3 Å². The van der Waals surface area contributed by atoms with E-state index < -0.39 is 0 Å². The minimum absolute atomic E-state index is 0.0673. The molecule has 0 unspecified atom stereocenters. The van der Waals surface area contributed by atoms with Crippen molar-refractivity contribution in [3.63, 3.8) is 0 Å². The summed E-state index contributed by atoms with van der Waals surface area (Å²) in [7, 11) is 0. The van der Waals surface area contributed by atoms with Crippen LogP contribution in [0.4, 0.5) is 0 Å². The van der Waals surface area contributed by atoms with Gasteiger partial charge in [-0.3, -0.25) is 9.36 Å². The highest BCUT2D eigenvalue weighted by atomic mass is 32.1. The zero-order valence-corrected chi connectivity index (χ0v) is 17.4. The number of aromatic nitrogens is 1. The lowest BCUT2D eigenvalue weighted by atomic mass is 10.0. The van der Waals surface area contributed by atoms with Gasteiger partial charge in [0.25, 0.3) is 0 Å². The van der Waals surface area contributed by atoms with Gasteiger partial charge in [-0.15, -0.1) is 0 Å². The van der Waals surface area contributed by atoms with E-state index in [1.54, 1.807) is 4.57 Å². The van der Waals surface area contributed by atoms with Gasteiger partial charge in [-0.05, 0) is 29.8 Å². The second-order valence-corrected chi connectivity index (χ2v) is 7.84. The van der Waals surface area contributed by atoms with Gasteiger partial charge in [-0.1, -0.05) is 65.0 Å². The van der Waals surface area contributed by atoms with Crippen LogP contribution in [0.2, 0.25) is 0 Å². The summed E-state index contributed by atoms with van der Waals surface area (Å²) in [6.45, 7) is 0.760. The Kier molecular flexibility index (Phi) is 6.11. The Morgan fingerprint density at radius 3 is 2.55 bits per heavy atom. The fraction of sp³-hybridized carbons (Fsp3) is 0.125. The molecule has 0 aliphatic heterocycles. The molecule has 0 spiro atoms. The maximum Gasteiger partial charge on any atom is 0.308 e. The number of nitrogens with zero attached hydrogens (tertiary/aromatic N) is 3. The fourth-order valence-corrected chi connectivity index (χ4v) is 4.31. The summed E-state index contributed by atoms with van der Waals surface area (Å²) in [6, 6.07) is 24.5. The summed E-state index contributed by atoms with van der Waals surface area (Å²) in [5, 5.41) is 21.7. The van der Waals surface area contributed by atoms with Crippen LogP contribution < -0.4 is 9.61 Å². The fourth-order valence-electron chi connectivity index (χ4n) is 3.35. The molecule has 31 heavy (non-hydrogen) atoms. The van der Waals surface area contributed by atoms with Gasteiger partial charge in [-0.25, -0.2) is 0 Å². The van der Waals surface area contributed by atoms with Gasteiger partial charge in [0.1, 0.15) is 18.1 Å². The number of oxime groups is 1. The Labute approximate surface area is 182 Å². The first-order valence-corrected chi connectivity index (χ1v) is 10.5. The van der Waals surface area contributed by atoms with Crippen molar-refractivity contribution in [3.05, 3.63) is 99.2 Å². The summed E-state index contributed by atoms with van der Waals surface area (Å²) < 4.78 is 8.27. The lowest BCUT2D eigenvalue weighted by Gasteiger charge is -2.09. The summed E-state index contributed by atoms with van der Waals surface area (Å²) in [5.41, 5.74) is 3.75. The van der Waals surface area contributed by atoms with Crippen LogP contribution in [0, 0.1) is 11.3 Å². The third kappa shape index (κ3) is 4.49. The van der Waals surface area contributed by atoms with Gasteiger partial charge in [0.15, 0.2) is 0 Å². The molecule has 0 bridgehead atoms. The Morgan fingerprint density at radius 1 is 1.06 bits per heavy atom. The average molecular weight is 430 g/mol. The Bertz CT molecular complexity index is 1320. The van der Waals surface area contributed by atoms with Crippen LogP contribution in [0.5, 0.6) is 5.75 Å². The van der Waals surface area contributed by atoms with E-state index in [4.69, 9.17) is 10.00 Å². The molecule has 7 heteroatoms. The van der Waals surface area contributed by atoms with Crippen LogP contribution in [-0.2, 0) is 13.0 Å². The van der Waals surface area contributed by atoms with E-state index in [0.29, 0.717) is 31.0 Å². The molecule has 0 aliphatic rings. The molecular formula is C24H19N3O3S. The number of nitriles is 1. The number of ether oxygens (including phenoxy) is 1. The molecule has 3 aromatic carbocycles. The highest BCUT2D eigenvalue weighted by Crippen LogP contribution is 2.22. The highest BCUT2D eigenvalue weighted by Gasteiger charge is 2.12. The van der Waals surface area contributed by atoms with Crippen molar-refractivity contribution in [1.82, 2.24) is 4.57 Å². The topological polar surface area (TPSA) is 87.6 Å². The Hall–Kier alpha value is -3.89. The maximum atomic E-state index is 12.5. The molecule has 1 N–H and O–H groups in total. The first-order chi connectivity index (χ1) is 15.2. The van der Waals surface area contributed by atoms with Crippen LogP contribution in [0.3, 0.4) is 0 Å². The molecule has 4 aromatic rings. The molecule has 0 saturated heterocycles. The van der Waals surface area contributed by atoms with Gasteiger partial charge >= 0.3 is 4.87 Å². The molecule has 0 amide bonds. The van der Waals surface area contributed by atoms with Crippen molar-refractivity contribution in [2.75, 3.05) is 6.61 Å². The van der Waals surface area contributed by atoms with Crippen molar-refractivity contribution in [2.45, 2.75) is 13.0 Å². The first-order valence-electron chi connectivity index (χ1n) is 9.69. The van der Waals surface area contributed by atoms with Gasteiger partial charge in [-0.2, -0.15) is 5.26 Å². The molecule has 6 nitrogen and oxygen atoms in total. The van der Waals surface area contributed by atoms with Gasteiger partial charge in [0.2, 0.25) is 0 Å². The second kappa shape index (κ2) is 9.28. The number of hydrogen-bond donors (Lipinski definition) is 1. The van der Waals surface area contributed by atoms with Crippen LogP contribution in [-0.4, -0.2) is 22.1 Å². The van der Waals surface area contributed by atoms with Crippen LogP contribution in [0.25, 0.3) is 10.2 Å². The van der Waals surface area contributed by atoms with Crippen molar-refractivity contribution in [2.24, 2.45) is 5.16 Å². The quantitative estimate of drug-likeness (QED) is 0.267. The molecule has 1 aromatic heterocycles. The lowest BCUT2D eigenvalue weighted by Crippen LogP contribution is -2.17. The number of rotatable bonds is 7. The van der Waals surface area contributed by atoms with Crippen molar-refractivity contribution < 1.29 is 9.94 Å². The predicted molar refractivity (Wildman–Crippen MR) is 121 cm³/mol. The number of hydrogen-bond acceptors (Lipinski definition) is 6. The van der Waals surface area contributed by atoms with E-state index in [1.165, 1.54) is 0 Å². The first kappa shape index (κ1) is 20.4. The molecule has 0 saturated carbocycles. The normalized spacial score (nSPS) is 11.4. The summed E-state index contributed by atoms with van der Waals surface area (Å²) in [5.74, 6) is 0.697. The molecular weight excluding hydrogens is 410 g/mol. The van der Waals surface area contributed by atoms with E-state index in [9.17, 15) is 10.0 Å². The van der Waals surface area contributed by atoms with E-state index in [1.807, 2.05) is 72.8 Å². The monoisotopic (exact) mass is 429 g/mol. The average Bonchev–Trinajstić information content (AvgIpc) is 3.11. The van der Waals surface area contributed by atoms with Crippen molar-refractivity contribution in [3.8, 4) is 11.8 Å². The van der Waals surface area contributed by atoms with E-state index in [-0.39, 0.29) is 4.87 Å². The maximum absolute atomic E-state index is 12.5. The summed E-state index contributed by atoms with van der Waals surface area (Å²) in [6.07, 6.45) is 0.367. The van der Waals surface area contributed by atoms with Gasteiger partial charge < -0.3 is 9.94 Å². The minimum Gasteiger partial charge on any atom is -0.492 e. The van der Waals surface area contributed by atoms with E-state index in [2.05, 4.69) is 11.2 Å². The molecule has 154 valence electrons. The second-order valence-electron chi connectivity index (χ2n) is 6.84. The van der Waals surface area contributed by atoms with Crippen molar-refractivity contribution in [1.29, 1.82) is 5.26 Å². The zero-order valence-electron chi connectivity index (χ0n) is 16.6. The molecule has 1 heterocycles. The highest BCUT2D eigenvalue weighted by molar-refractivity contribution is 7.16. The number of fused-ring (bicyclic) bond motifs is 1. The van der Waals surface area contributed by atoms with Gasteiger partial charge in [0.05, 0.1) is 29.3 Å². The number of thiazole rings is 1. The number of benzene rings is 3. The Balaban J connectivity index is 1.51. The van der Waals surface area contributed by atoms with Crippen LogP contribution >= 0.6 is 11.3 Å². The lowest BCUT2D eigenvalue weighted by molar-refractivity contribution is 0.299. The van der Waals surface area contributed by atoms with Gasteiger partial charge in [0, 0.05) is 11.1 Å². The SMILES string of the molecule is N#CCc1ccc(OCCn2c(=O)sc3cc(C(=NO)c4ccccc4)ccc32)cc1. The molecule has 0 fully saturated rings. The predicted octanol–water partition coefficient (Wildman–Crippen LogP) is 4.43. The summed E-state index contributed by atoms with van der Waals surface area (Å²) >= 11 is 1.15. The minimum atomic E-state index is -0.0673. The third-order valence-corrected chi connectivity index (χ3v) is 5.82. The zero-order chi connectivity index (χ0) is 21.6. The molecule has 4 rings (SSSR count). The summed E-state index contributed by atoms with van der Waals surface area (Å²) in [4.78, 5) is 12.5.